The van der Waals surface area contributed by atoms with Crippen LogP contribution in [0.15, 0.2) is 18.2 Å². The second-order valence-corrected chi connectivity index (χ2v) is 4.02. The van der Waals surface area contributed by atoms with Crippen LogP contribution < -0.4 is 5.73 Å². The summed E-state index contributed by atoms with van der Waals surface area (Å²) < 4.78 is 10.2. The number of rotatable bonds is 5. The molecule has 0 aromatic heterocycles. The number of hydrogen-bond donors (Lipinski definition) is 1. The monoisotopic (exact) mass is 237 g/mol. The number of hydrogen-bond acceptors (Lipinski definition) is 4. The van der Waals surface area contributed by atoms with Gasteiger partial charge in [0.15, 0.2) is 0 Å². The highest BCUT2D eigenvalue weighted by molar-refractivity contribution is 5.92. The van der Waals surface area contributed by atoms with Gasteiger partial charge in [-0.25, -0.2) is 4.79 Å². The van der Waals surface area contributed by atoms with E-state index in [1.54, 1.807) is 25.3 Å². The van der Waals surface area contributed by atoms with Gasteiger partial charge in [-0.1, -0.05) is 6.07 Å². The molecule has 0 saturated carbocycles. The van der Waals surface area contributed by atoms with Crippen LogP contribution in [0.2, 0.25) is 0 Å². The molecule has 0 radical (unpaired) electrons. The Morgan fingerprint density at radius 2 is 2.18 bits per heavy atom. The van der Waals surface area contributed by atoms with Gasteiger partial charge >= 0.3 is 5.97 Å². The minimum absolute atomic E-state index is 0.164. The van der Waals surface area contributed by atoms with Crippen LogP contribution in [0.25, 0.3) is 0 Å². The number of nitrogens with two attached hydrogens (primary N) is 1. The first-order valence-electron chi connectivity index (χ1n) is 5.61. The minimum atomic E-state index is -0.335. The van der Waals surface area contributed by atoms with Gasteiger partial charge in [-0.2, -0.15) is 0 Å². The Hall–Kier alpha value is -1.55. The molecule has 1 aromatic carbocycles. The molecule has 0 aliphatic carbocycles. The molecule has 0 bridgehead atoms. The first kappa shape index (κ1) is 13.5. The predicted molar refractivity (Wildman–Crippen MR) is 67.0 cm³/mol. The van der Waals surface area contributed by atoms with E-state index in [1.165, 1.54) is 0 Å². The van der Waals surface area contributed by atoms with Crippen LogP contribution in [0.4, 0.5) is 5.69 Å². The van der Waals surface area contributed by atoms with Crippen molar-refractivity contribution >= 4 is 11.7 Å². The van der Waals surface area contributed by atoms with Crippen molar-refractivity contribution in [1.29, 1.82) is 0 Å². The standard InChI is InChI=1S/C13H19NO3/c1-9(7-8-16-3)17-13(15)11-5-4-6-12(14)10(11)2/h4-6,9H,7-8,14H2,1-3H3. The Bertz CT molecular complexity index is 390. The second-order valence-electron chi connectivity index (χ2n) is 4.02. The normalized spacial score (nSPS) is 12.2. The van der Waals surface area contributed by atoms with Gasteiger partial charge in [-0.3, -0.25) is 0 Å². The van der Waals surface area contributed by atoms with Crippen LogP contribution in [0, 0.1) is 6.92 Å². The lowest BCUT2D eigenvalue weighted by Gasteiger charge is -2.14. The van der Waals surface area contributed by atoms with Crippen molar-refractivity contribution in [1.82, 2.24) is 0 Å². The van der Waals surface area contributed by atoms with Gasteiger partial charge in [-0.05, 0) is 31.5 Å². The molecular weight excluding hydrogens is 218 g/mol. The molecule has 1 aromatic rings. The fourth-order valence-electron chi connectivity index (χ4n) is 1.46. The predicted octanol–water partition coefficient (Wildman–Crippen LogP) is 2.16. The van der Waals surface area contributed by atoms with Crippen molar-refractivity contribution in [3.8, 4) is 0 Å². The van der Waals surface area contributed by atoms with Crippen molar-refractivity contribution in [3.63, 3.8) is 0 Å². The number of ether oxygens (including phenoxy) is 2. The van der Waals surface area contributed by atoms with Gasteiger partial charge in [0.2, 0.25) is 0 Å². The Kier molecular flexibility index (Phi) is 4.97. The van der Waals surface area contributed by atoms with Crippen LogP contribution in [-0.2, 0) is 9.47 Å². The summed E-state index contributed by atoms with van der Waals surface area (Å²) in [6, 6.07) is 5.23. The molecule has 94 valence electrons. The molecule has 0 aliphatic rings. The number of benzene rings is 1. The third kappa shape index (κ3) is 3.75. The van der Waals surface area contributed by atoms with Crippen LogP contribution in [0.1, 0.15) is 29.3 Å². The van der Waals surface area contributed by atoms with Crippen molar-refractivity contribution in [2.24, 2.45) is 0 Å². The maximum Gasteiger partial charge on any atom is 0.338 e. The number of esters is 1. The van der Waals surface area contributed by atoms with E-state index in [1.807, 2.05) is 13.8 Å². The van der Waals surface area contributed by atoms with E-state index in [0.29, 0.717) is 24.3 Å². The molecule has 0 spiro atoms. The van der Waals surface area contributed by atoms with Crippen LogP contribution >= 0.6 is 0 Å². The Labute approximate surface area is 102 Å². The molecule has 1 unspecified atom stereocenters. The number of carbonyl (C=O) groups is 1. The first-order chi connectivity index (χ1) is 8.06. The molecule has 17 heavy (non-hydrogen) atoms. The van der Waals surface area contributed by atoms with Gasteiger partial charge in [0.1, 0.15) is 6.10 Å². The molecule has 1 atom stereocenters. The number of anilines is 1. The van der Waals surface area contributed by atoms with Crippen molar-refractivity contribution in [2.45, 2.75) is 26.4 Å². The average molecular weight is 237 g/mol. The highest BCUT2D eigenvalue weighted by atomic mass is 16.5. The summed E-state index contributed by atoms with van der Waals surface area (Å²) >= 11 is 0. The van der Waals surface area contributed by atoms with E-state index in [0.717, 1.165) is 5.56 Å². The van der Waals surface area contributed by atoms with Gasteiger partial charge in [0, 0.05) is 25.8 Å². The van der Waals surface area contributed by atoms with Crippen LogP contribution in [0.5, 0.6) is 0 Å². The molecule has 0 aliphatic heterocycles. The summed E-state index contributed by atoms with van der Waals surface area (Å²) in [4.78, 5) is 11.9. The second kappa shape index (κ2) is 6.25. The topological polar surface area (TPSA) is 61.5 Å². The molecular formula is C13H19NO3. The van der Waals surface area contributed by atoms with Gasteiger partial charge in [-0.15, -0.1) is 0 Å². The summed E-state index contributed by atoms with van der Waals surface area (Å²) in [7, 11) is 1.62. The van der Waals surface area contributed by atoms with Crippen molar-refractivity contribution < 1.29 is 14.3 Å². The van der Waals surface area contributed by atoms with E-state index in [4.69, 9.17) is 15.2 Å². The summed E-state index contributed by atoms with van der Waals surface area (Å²) in [6.45, 7) is 4.23. The van der Waals surface area contributed by atoms with Crippen molar-refractivity contribution in [3.05, 3.63) is 29.3 Å². The highest BCUT2D eigenvalue weighted by Crippen LogP contribution is 2.17. The van der Waals surface area contributed by atoms with Gasteiger partial charge in [0.25, 0.3) is 0 Å². The van der Waals surface area contributed by atoms with Crippen molar-refractivity contribution in [2.75, 3.05) is 19.5 Å². The maximum absolute atomic E-state index is 11.9. The lowest BCUT2D eigenvalue weighted by Crippen LogP contribution is -2.17. The van der Waals surface area contributed by atoms with Gasteiger partial charge in [0.05, 0.1) is 5.56 Å². The Morgan fingerprint density at radius 3 is 2.82 bits per heavy atom. The van der Waals surface area contributed by atoms with Crippen LogP contribution in [0.3, 0.4) is 0 Å². The maximum atomic E-state index is 11.9. The third-order valence-electron chi connectivity index (χ3n) is 2.63. The minimum Gasteiger partial charge on any atom is -0.459 e. The summed E-state index contributed by atoms with van der Waals surface area (Å²) in [5, 5.41) is 0. The molecule has 0 heterocycles. The van der Waals surface area contributed by atoms with E-state index in [2.05, 4.69) is 0 Å². The van der Waals surface area contributed by atoms with E-state index in [9.17, 15) is 4.79 Å². The third-order valence-corrected chi connectivity index (χ3v) is 2.63. The zero-order chi connectivity index (χ0) is 12.8. The number of nitrogen functional groups attached to an aromatic ring is 1. The molecule has 1 rings (SSSR count). The Morgan fingerprint density at radius 1 is 1.47 bits per heavy atom. The molecule has 0 saturated heterocycles. The SMILES string of the molecule is COCCC(C)OC(=O)c1cccc(N)c1C. The number of methoxy groups -OCH3 is 1. The largest absolute Gasteiger partial charge is 0.459 e. The average Bonchev–Trinajstić information content (AvgIpc) is 2.29. The summed E-state index contributed by atoms with van der Waals surface area (Å²) in [6.07, 6.45) is 0.521. The molecule has 4 heteroatoms. The zero-order valence-electron chi connectivity index (χ0n) is 10.5. The number of carbonyl (C=O) groups excluding carboxylic acids is 1. The summed E-state index contributed by atoms with van der Waals surface area (Å²) in [5.74, 6) is -0.335. The van der Waals surface area contributed by atoms with E-state index < -0.39 is 0 Å². The molecule has 2 N–H and O–H groups in total. The summed E-state index contributed by atoms with van der Waals surface area (Å²) in [5.41, 5.74) is 7.63. The smallest absolute Gasteiger partial charge is 0.338 e. The first-order valence-corrected chi connectivity index (χ1v) is 5.61. The lowest BCUT2D eigenvalue weighted by molar-refractivity contribution is 0.0266. The molecule has 4 nitrogen and oxygen atoms in total. The van der Waals surface area contributed by atoms with E-state index in [-0.39, 0.29) is 12.1 Å². The lowest BCUT2D eigenvalue weighted by atomic mass is 10.1. The van der Waals surface area contributed by atoms with Gasteiger partial charge < -0.3 is 15.2 Å². The molecule has 0 fully saturated rings. The fourth-order valence-corrected chi connectivity index (χ4v) is 1.46. The Balaban J connectivity index is 2.67. The fraction of sp³-hybridized carbons (Fsp3) is 0.462. The zero-order valence-corrected chi connectivity index (χ0v) is 10.5. The molecule has 0 amide bonds. The van der Waals surface area contributed by atoms with E-state index >= 15 is 0 Å². The quantitative estimate of drug-likeness (QED) is 0.629. The van der Waals surface area contributed by atoms with Crippen LogP contribution in [-0.4, -0.2) is 25.8 Å². The highest BCUT2D eigenvalue weighted by Gasteiger charge is 2.14.